The summed E-state index contributed by atoms with van der Waals surface area (Å²) >= 11 is 0. The zero-order valence-electron chi connectivity index (χ0n) is 61.7. The fourth-order valence-corrected chi connectivity index (χ4v) is 18.0. The maximum atomic E-state index is 7.09. The van der Waals surface area contributed by atoms with Gasteiger partial charge in [0, 0.05) is 77.7 Å². The van der Waals surface area contributed by atoms with Gasteiger partial charge < -0.3 is 18.6 Å². The van der Waals surface area contributed by atoms with Crippen LogP contribution in [0.1, 0.15) is 26.3 Å². The standard InChI is InChI=1S/C106H73BN2O2/c1-106(2,3)78-64-93-101-94(65-78)109(103-99(74-46-24-10-25-47-74)87(70-38-16-6-17-39-70)67-88(71-40-18-7-19-41-71)100(103)75-48-26-11-27-49-75)92-61-59-77(80-53-33-55-84-82-51-29-31-57-96(82)111-105(80)84)63-90(92)107(101)89-62-76(79-52-32-54-83-81-50-28-30-56-95(81)110-104(79)83)58-60-91(89)108(93)102-97(72-42-20-8-21-43-72)85(68-34-12-4-13-35-68)66-86(69-36-14-5-15-37-69)98(102)73-44-22-9-23-45-73/h4-67H,1-3H3. The minimum absolute atomic E-state index is 0.399. The highest BCUT2D eigenvalue weighted by molar-refractivity contribution is 7.00. The highest BCUT2D eigenvalue weighted by Crippen LogP contribution is 2.60. The molecule has 0 fully saturated rings. The van der Waals surface area contributed by atoms with Crippen molar-refractivity contribution in [2.75, 3.05) is 9.80 Å². The zero-order valence-corrected chi connectivity index (χ0v) is 61.7. The molecule has 4 heterocycles. The van der Waals surface area contributed by atoms with Crippen LogP contribution in [-0.4, -0.2) is 6.71 Å². The Hall–Kier alpha value is -14.0. The maximum absolute atomic E-state index is 7.09. The van der Waals surface area contributed by atoms with E-state index in [2.05, 4.69) is 419 Å². The van der Waals surface area contributed by atoms with E-state index in [1.54, 1.807) is 0 Å². The number of para-hydroxylation sites is 4. The van der Waals surface area contributed by atoms with Gasteiger partial charge in [-0.15, -0.1) is 0 Å². The molecule has 17 aromatic carbocycles. The summed E-state index contributed by atoms with van der Waals surface area (Å²) in [6, 6.07) is 144. The second kappa shape index (κ2) is 26.4. The largest absolute Gasteiger partial charge is 0.455 e. The number of furan rings is 2. The average molecular weight is 1420 g/mol. The molecule has 2 aromatic heterocycles. The topological polar surface area (TPSA) is 32.8 Å². The molecular weight excluding hydrogens is 1340 g/mol. The van der Waals surface area contributed by atoms with E-state index < -0.39 is 12.1 Å². The van der Waals surface area contributed by atoms with E-state index in [0.29, 0.717) is 0 Å². The second-order valence-corrected chi connectivity index (χ2v) is 30.5. The first kappa shape index (κ1) is 65.3. The van der Waals surface area contributed by atoms with Crippen molar-refractivity contribution in [3.8, 4) is 111 Å². The fraction of sp³-hybridized carbons (Fsp3) is 0.0377. The Kier molecular flexibility index (Phi) is 15.6. The van der Waals surface area contributed by atoms with Crippen LogP contribution in [0.2, 0.25) is 0 Å². The van der Waals surface area contributed by atoms with E-state index in [1.807, 2.05) is 0 Å². The van der Waals surface area contributed by atoms with E-state index in [1.165, 1.54) is 11.0 Å². The number of anilines is 6. The zero-order chi connectivity index (χ0) is 73.8. The number of fused-ring (bicyclic) bond motifs is 10. The summed E-state index contributed by atoms with van der Waals surface area (Å²) in [4.78, 5) is 5.45. The molecule has 21 rings (SSSR count). The van der Waals surface area contributed by atoms with Gasteiger partial charge >= 0.3 is 0 Å². The first-order chi connectivity index (χ1) is 54.8. The monoisotopic (exact) mass is 1420 g/mol. The van der Waals surface area contributed by atoms with Crippen molar-refractivity contribution >= 4 is 101 Å². The molecule has 0 saturated carbocycles. The van der Waals surface area contributed by atoms with Gasteiger partial charge in [-0.2, -0.15) is 0 Å². The van der Waals surface area contributed by atoms with Crippen molar-refractivity contribution in [1.29, 1.82) is 0 Å². The highest BCUT2D eigenvalue weighted by Gasteiger charge is 2.47. The van der Waals surface area contributed by atoms with Crippen LogP contribution >= 0.6 is 0 Å². The van der Waals surface area contributed by atoms with Crippen molar-refractivity contribution in [1.82, 2.24) is 0 Å². The Morgan fingerprint density at radius 1 is 0.234 bits per heavy atom. The number of hydrogen-bond acceptors (Lipinski definition) is 4. The smallest absolute Gasteiger partial charge is 0.252 e. The average Bonchev–Trinajstić information content (AvgIpc) is 1.26. The van der Waals surface area contributed by atoms with E-state index in [9.17, 15) is 0 Å². The van der Waals surface area contributed by atoms with Gasteiger partial charge in [0.1, 0.15) is 22.3 Å². The number of nitrogens with zero attached hydrogens (tertiary/aromatic N) is 2. The predicted molar refractivity (Wildman–Crippen MR) is 468 cm³/mol. The quantitative estimate of drug-likeness (QED) is 0.114. The third-order valence-electron chi connectivity index (χ3n) is 23.0. The lowest BCUT2D eigenvalue weighted by molar-refractivity contribution is 0.590. The summed E-state index contributed by atoms with van der Waals surface area (Å²) in [7, 11) is 0. The molecule has 0 aliphatic carbocycles. The molecule has 2 aliphatic heterocycles. The Bertz CT molecular complexity index is 6220. The Morgan fingerprint density at radius 3 is 0.838 bits per heavy atom. The van der Waals surface area contributed by atoms with Crippen LogP contribution in [0, 0.1) is 0 Å². The van der Waals surface area contributed by atoms with Gasteiger partial charge in [-0.25, -0.2) is 0 Å². The van der Waals surface area contributed by atoms with Gasteiger partial charge in [0.15, 0.2) is 0 Å². The summed E-state index contributed by atoms with van der Waals surface area (Å²) < 4.78 is 14.2. The second-order valence-electron chi connectivity index (χ2n) is 30.5. The van der Waals surface area contributed by atoms with Crippen molar-refractivity contribution < 1.29 is 8.83 Å². The van der Waals surface area contributed by atoms with Gasteiger partial charge in [-0.3, -0.25) is 0 Å². The van der Waals surface area contributed by atoms with Crippen LogP contribution in [0.25, 0.3) is 155 Å². The molecule has 0 saturated heterocycles. The number of benzene rings is 17. The van der Waals surface area contributed by atoms with Crippen LogP contribution in [0.3, 0.4) is 0 Å². The van der Waals surface area contributed by atoms with Crippen molar-refractivity contribution in [3.63, 3.8) is 0 Å². The summed E-state index contributed by atoms with van der Waals surface area (Å²) in [6.07, 6.45) is 0. The Morgan fingerprint density at radius 2 is 0.523 bits per heavy atom. The molecule has 0 unspecified atom stereocenters. The summed E-state index contributed by atoms with van der Waals surface area (Å²) in [6.45, 7) is 6.77. The molecule has 111 heavy (non-hydrogen) atoms. The first-order valence-electron chi connectivity index (χ1n) is 38.5. The van der Waals surface area contributed by atoms with E-state index in [-0.39, 0.29) is 0 Å². The highest BCUT2D eigenvalue weighted by atomic mass is 16.3. The van der Waals surface area contributed by atoms with Crippen LogP contribution in [-0.2, 0) is 5.41 Å². The van der Waals surface area contributed by atoms with E-state index >= 15 is 0 Å². The predicted octanol–water partition coefficient (Wildman–Crippen LogP) is 27.5. The van der Waals surface area contributed by atoms with Crippen LogP contribution in [0.15, 0.2) is 397 Å². The van der Waals surface area contributed by atoms with E-state index in [0.717, 1.165) is 200 Å². The Balaban J connectivity index is 0.990. The number of hydrogen-bond donors (Lipinski definition) is 0. The van der Waals surface area contributed by atoms with Gasteiger partial charge in [0.2, 0.25) is 0 Å². The third-order valence-corrected chi connectivity index (χ3v) is 23.0. The van der Waals surface area contributed by atoms with Gasteiger partial charge in [-0.05, 0) is 154 Å². The normalized spacial score (nSPS) is 12.4. The molecule has 0 spiro atoms. The number of rotatable bonds is 12. The van der Waals surface area contributed by atoms with Gasteiger partial charge in [-0.1, -0.05) is 360 Å². The lowest BCUT2D eigenvalue weighted by Crippen LogP contribution is -2.61. The maximum Gasteiger partial charge on any atom is 0.252 e. The fourth-order valence-electron chi connectivity index (χ4n) is 18.0. The van der Waals surface area contributed by atoms with Crippen molar-refractivity contribution in [3.05, 3.63) is 394 Å². The van der Waals surface area contributed by atoms with E-state index in [4.69, 9.17) is 8.83 Å². The molecule has 0 amide bonds. The lowest BCUT2D eigenvalue weighted by atomic mass is 9.33. The Labute approximate surface area is 646 Å². The van der Waals surface area contributed by atoms with Gasteiger partial charge in [0.25, 0.3) is 6.71 Å². The van der Waals surface area contributed by atoms with Crippen LogP contribution in [0.5, 0.6) is 0 Å². The molecule has 0 radical (unpaired) electrons. The van der Waals surface area contributed by atoms with Crippen molar-refractivity contribution in [2.24, 2.45) is 0 Å². The molecule has 5 heteroatoms. The van der Waals surface area contributed by atoms with Crippen LogP contribution in [0.4, 0.5) is 34.1 Å². The molecule has 522 valence electrons. The van der Waals surface area contributed by atoms with Gasteiger partial charge in [0.05, 0.1) is 11.4 Å². The van der Waals surface area contributed by atoms with Crippen molar-refractivity contribution in [2.45, 2.75) is 26.2 Å². The third kappa shape index (κ3) is 10.8. The molecule has 0 atom stereocenters. The molecule has 0 bridgehead atoms. The minimum Gasteiger partial charge on any atom is -0.455 e. The minimum atomic E-state index is -0.402. The summed E-state index contributed by atoms with van der Waals surface area (Å²) in [5.74, 6) is 0. The molecule has 0 N–H and O–H groups in total. The summed E-state index contributed by atoms with van der Waals surface area (Å²) in [5, 5.41) is 4.34. The SMILES string of the molecule is CC(C)(C)c1cc2c3c(c1)N(c1c(-c4ccccc4)c(-c4ccccc4)cc(-c4ccccc4)c1-c1ccccc1)c1ccc(-c4cccc5c4oc4ccccc45)cc1B3c1cc(-c3cccc4c3oc3ccccc34)ccc1N2c1c(-c2ccccc2)c(-c2ccccc2)cc(-c2ccccc2)c1-c1ccccc1. The molecule has 4 nitrogen and oxygen atoms in total. The molecule has 19 aromatic rings. The molecular formula is C106H73BN2O2. The molecule has 2 aliphatic rings. The first-order valence-corrected chi connectivity index (χ1v) is 38.5. The summed E-state index contributed by atoms with van der Waals surface area (Å²) in [5.41, 5.74) is 36.1. The lowest BCUT2D eigenvalue weighted by Gasteiger charge is -2.47. The van der Waals surface area contributed by atoms with Crippen LogP contribution < -0.4 is 26.2 Å².